The Morgan fingerprint density at radius 2 is 1.43 bits per heavy atom. The van der Waals surface area contributed by atoms with E-state index in [0.717, 1.165) is 0 Å². The van der Waals surface area contributed by atoms with Crippen molar-refractivity contribution in [2.75, 3.05) is 0 Å². The van der Waals surface area contributed by atoms with Gasteiger partial charge in [-0.1, -0.05) is 0 Å². The Bertz CT molecular complexity index is 116. The number of nitrogens with zero attached hydrogens (tertiary/aromatic N) is 1. The van der Waals surface area contributed by atoms with Crippen LogP contribution in [0.25, 0.3) is 5.59 Å². The second-order valence-corrected chi connectivity index (χ2v) is 2.20. The van der Waals surface area contributed by atoms with Crippen LogP contribution in [0.4, 0.5) is 0 Å². The van der Waals surface area contributed by atoms with Gasteiger partial charge in [0, 0.05) is 0 Å². The van der Waals surface area contributed by atoms with Crippen molar-refractivity contribution in [2.45, 2.75) is 0 Å². The minimum absolute atomic E-state index is 1.37. The Balaban J connectivity index is 0. The molecule has 0 aromatic carbocycles. The maximum absolute atomic E-state index is 9.09. The molecule has 0 bridgehead atoms. The van der Waals surface area contributed by atoms with E-state index in [1.807, 2.05) is 0 Å². The standard InChI is InChI=1S/2CO.NO.W/c3*1-2;/q;;-1;. The monoisotopic (exact) mass is 270 g/mol. The Morgan fingerprint density at radius 3 is 1.43 bits per heavy atom. The predicted molar refractivity (Wildman–Crippen MR) is 18.1 cm³/mol. The molecule has 0 saturated heterocycles. The Hall–Kier alpha value is -0.552. The molecule has 0 radical (unpaired) electrons. The summed E-state index contributed by atoms with van der Waals surface area (Å²) in [6.45, 7) is 0. The second kappa shape index (κ2) is 18.0. The molecule has 0 aliphatic rings. The first-order chi connectivity index (χ1) is 3.41. The summed E-state index contributed by atoms with van der Waals surface area (Å²) in [6, 6.07) is 0. The van der Waals surface area contributed by atoms with Gasteiger partial charge in [-0.25, -0.2) is 0 Å². The molecule has 0 saturated carbocycles. The van der Waals surface area contributed by atoms with Gasteiger partial charge < -0.3 is 10.5 Å². The minimum Gasteiger partial charge on any atom is -0.577 e. The van der Waals surface area contributed by atoms with Gasteiger partial charge in [-0.05, 0) is 0 Å². The second-order valence-electron chi connectivity index (χ2n) is 0.269. The van der Waals surface area contributed by atoms with Gasteiger partial charge in [0.1, 0.15) is 0 Å². The van der Waals surface area contributed by atoms with Gasteiger partial charge in [0.2, 0.25) is 0 Å². The number of rotatable bonds is 0. The van der Waals surface area contributed by atoms with E-state index in [4.69, 9.17) is 20.1 Å². The van der Waals surface area contributed by atoms with Crippen LogP contribution in [-0.4, -0.2) is 8.53 Å². The fraction of sp³-hybridized carbons (Fsp3) is 0. The molecule has 0 rings (SSSR count). The zero-order valence-electron chi connectivity index (χ0n) is 3.08. The van der Waals surface area contributed by atoms with Crippen molar-refractivity contribution in [3.63, 3.8) is 0 Å². The molecule has 4 nitrogen and oxygen atoms in total. The number of hydrogen-bond acceptors (Lipinski definition) is 3. The van der Waals surface area contributed by atoms with Gasteiger partial charge in [-0.2, -0.15) is 0 Å². The average Bonchev–Trinajstić information content (AvgIpc) is 1.75. The molecule has 0 aromatic rings. The largest absolute Gasteiger partial charge is 0.577 e. The SMILES string of the molecule is O=[C]=[W]=[C]=O.[N-]=O. The first-order valence-corrected chi connectivity index (χ1v) is 3.93. The van der Waals surface area contributed by atoms with Gasteiger partial charge in [-0.3, -0.25) is 0 Å². The first-order valence-electron chi connectivity index (χ1n) is 0.999. The summed E-state index contributed by atoms with van der Waals surface area (Å²) in [5.41, 5.74) is 5.75. The van der Waals surface area contributed by atoms with Crippen LogP contribution < -0.4 is 0 Å². The van der Waals surface area contributed by atoms with Crippen molar-refractivity contribution >= 4 is 8.53 Å². The normalized spacial score (nSPS) is 3.43. The molecule has 0 spiro atoms. The summed E-state index contributed by atoms with van der Waals surface area (Å²) in [6.07, 6.45) is 0. The van der Waals surface area contributed by atoms with Gasteiger partial charge in [-0.15, -0.1) is 0 Å². The van der Waals surface area contributed by atoms with Crippen LogP contribution in [-0.2, 0) is 27.2 Å². The summed E-state index contributed by atoms with van der Waals surface area (Å²) in [5, 5.41) is 0. The van der Waals surface area contributed by atoms with Crippen LogP contribution >= 0.6 is 0 Å². The number of carbonyl (C=O) groups excluding carboxylic acids is 2. The molecule has 0 aliphatic carbocycles. The number of nitroso groups, excluding NO2 is 1. The Morgan fingerprint density at radius 1 is 1.14 bits per heavy atom. The van der Waals surface area contributed by atoms with Crippen molar-refractivity contribution in [1.82, 2.24) is 0 Å². The maximum Gasteiger partial charge on any atom is -0.423 e. The summed E-state index contributed by atoms with van der Waals surface area (Å²) in [4.78, 5) is 25.4. The van der Waals surface area contributed by atoms with E-state index in [1.165, 1.54) is 8.53 Å². The van der Waals surface area contributed by atoms with Crippen LogP contribution in [0.2, 0.25) is 0 Å². The van der Waals surface area contributed by atoms with E-state index in [9.17, 15) is 0 Å². The topological polar surface area (TPSA) is 73.5 Å². The summed E-state index contributed by atoms with van der Waals surface area (Å²) in [7, 11) is 0. The molecule has 0 fully saturated rings. The molecular formula is C2NO3W-. The van der Waals surface area contributed by atoms with Gasteiger partial charge in [0.15, 0.2) is 0 Å². The van der Waals surface area contributed by atoms with Crippen LogP contribution in [0.15, 0.2) is 0 Å². The smallest absolute Gasteiger partial charge is 0.423 e. The van der Waals surface area contributed by atoms with Crippen LogP contribution in [0.3, 0.4) is 0 Å². The average molecular weight is 270 g/mol. The molecular weight excluding hydrogens is 270 g/mol. The third kappa shape index (κ3) is 30.9. The van der Waals surface area contributed by atoms with Crippen LogP contribution in [0, 0.1) is 4.91 Å². The van der Waals surface area contributed by atoms with Crippen molar-refractivity contribution in [1.29, 1.82) is 0 Å². The van der Waals surface area contributed by atoms with E-state index in [2.05, 4.69) is 0 Å². The zero-order chi connectivity index (χ0) is 6.12. The quantitative estimate of drug-likeness (QED) is 0.597. The van der Waals surface area contributed by atoms with Gasteiger partial charge in [0.05, 0.1) is 0 Å². The molecule has 5 heteroatoms. The Kier molecular flexibility index (Phi) is 24.9. The predicted octanol–water partition coefficient (Wildman–Crippen LogP) is -0.475. The third-order valence-corrected chi connectivity index (χ3v) is 0.682. The Labute approximate surface area is 46.8 Å². The third-order valence-electron chi connectivity index (χ3n) is 0.0833. The molecule has 0 heterocycles. The molecule has 0 atom stereocenters. The van der Waals surface area contributed by atoms with Crippen LogP contribution in [0.5, 0.6) is 0 Å². The van der Waals surface area contributed by atoms with E-state index >= 15 is 0 Å². The van der Waals surface area contributed by atoms with Gasteiger partial charge in [0.25, 0.3) is 0 Å². The summed E-state index contributed by atoms with van der Waals surface area (Å²) in [5.74, 6) is 0. The van der Waals surface area contributed by atoms with E-state index in [1.54, 1.807) is 0 Å². The minimum atomic E-state index is -1.37. The van der Waals surface area contributed by atoms with Gasteiger partial charge >= 0.3 is 35.8 Å². The molecule has 38 valence electrons. The fourth-order valence-corrected chi connectivity index (χ4v) is 0.139. The zero-order valence-corrected chi connectivity index (χ0v) is 6.01. The van der Waals surface area contributed by atoms with E-state index in [0.29, 0.717) is 0 Å². The summed E-state index contributed by atoms with van der Waals surface area (Å²) < 4.78 is 3.02. The van der Waals surface area contributed by atoms with Crippen molar-refractivity contribution in [3.05, 3.63) is 10.5 Å². The van der Waals surface area contributed by atoms with E-state index in [-0.39, 0.29) is 0 Å². The van der Waals surface area contributed by atoms with Crippen LogP contribution in [0.1, 0.15) is 0 Å². The molecule has 0 aliphatic heterocycles. The molecule has 0 unspecified atom stereocenters. The molecule has 0 N–H and O–H groups in total. The first kappa shape index (κ1) is 9.67. The van der Waals surface area contributed by atoms with Crippen molar-refractivity contribution in [3.8, 4) is 0 Å². The van der Waals surface area contributed by atoms with Crippen molar-refractivity contribution in [2.24, 2.45) is 0 Å². The number of hydrogen-bond donors (Lipinski definition) is 0. The molecule has 7 heavy (non-hydrogen) atoms. The molecule has 0 amide bonds. The maximum atomic E-state index is 9.09. The molecule has 0 aromatic heterocycles. The fourth-order valence-electron chi connectivity index (χ4n) is 0.0170. The summed E-state index contributed by atoms with van der Waals surface area (Å²) >= 11 is -1.37. The van der Waals surface area contributed by atoms with E-state index < -0.39 is 17.6 Å². The van der Waals surface area contributed by atoms with Crippen molar-refractivity contribution < 1.29 is 27.2 Å².